The zero-order valence-electron chi connectivity index (χ0n) is 12.6. The van der Waals surface area contributed by atoms with Crippen molar-refractivity contribution in [2.75, 3.05) is 0 Å². The molecular weight excluding hydrogens is 216 g/mol. The summed E-state index contributed by atoms with van der Waals surface area (Å²) in [6.07, 6.45) is 14.9. The molecule has 1 aliphatic rings. The molecule has 0 fully saturated rings. The normalized spacial score (nSPS) is 21.9. The van der Waals surface area contributed by atoms with Crippen LogP contribution in [0.15, 0.2) is 35.5 Å². The lowest BCUT2D eigenvalue weighted by Crippen LogP contribution is -1.94. The van der Waals surface area contributed by atoms with Gasteiger partial charge in [0.1, 0.15) is 0 Å². The second-order valence-electron chi connectivity index (χ2n) is 5.82. The fourth-order valence-corrected chi connectivity index (χ4v) is 2.66. The molecule has 1 rings (SSSR count). The van der Waals surface area contributed by atoms with Crippen LogP contribution in [-0.4, -0.2) is 0 Å². The molecule has 0 aromatic carbocycles. The topological polar surface area (TPSA) is 0 Å². The molecular formula is C18H30. The van der Waals surface area contributed by atoms with E-state index in [0.717, 1.165) is 5.92 Å². The van der Waals surface area contributed by atoms with Gasteiger partial charge in [-0.2, -0.15) is 0 Å². The highest BCUT2D eigenvalue weighted by Gasteiger charge is 2.11. The highest BCUT2D eigenvalue weighted by atomic mass is 14.2. The van der Waals surface area contributed by atoms with E-state index in [1.807, 2.05) is 0 Å². The third-order valence-electron chi connectivity index (χ3n) is 4.27. The number of hydrogen-bond acceptors (Lipinski definition) is 0. The molecule has 0 N–H and O–H groups in total. The monoisotopic (exact) mass is 246 g/mol. The van der Waals surface area contributed by atoms with Gasteiger partial charge in [-0.05, 0) is 64.7 Å². The average Bonchev–Trinajstić information content (AvgIpc) is 2.61. The first-order valence-electron chi connectivity index (χ1n) is 7.63. The van der Waals surface area contributed by atoms with E-state index in [2.05, 4.69) is 39.5 Å². The van der Waals surface area contributed by atoms with E-state index in [4.69, 9.17) is 0 Å². The van der Waals surface area contributed by atoms with E-state index in [-0.39, 0.29) is 0 Å². The fraction of sp³-hybridized carbons (Fsp3) is 0.667. The van der Waals surface area contributed by atoms with E-state index in [1.54, 1.807) is 16.7 Å². The lowest BCUT2D eigenvalue weighted by atomic mass is 9.95. The Morgan fingerprint density at radius 3 is 2.78 bits per heavy atom. The Balaban J connectivity index is 2.51. The van der Waals surface area contributed by atoms with Crippen molar-refractivity contribution < 1.29 is 0 Å². The maximum absolute atomic E-state index is 3.94. The minimum atomic E-state index is 0.740. The van der Waals surface area contributed by atoms with Crippen LogP contribution in [0.2, 0.25) is 0 Å². The smallest absolute Gasteiger partial charge is 0.0109 e. The van der Waals surface area contributed by atoms with Crippen molar-refractivity contribution in [2.24, 2.45) is 5.92 Å². The van der Waals surface area contributed by atoms with Crippen LogP contribution in [0, 0.1) is 5.92 Å². The van der Waals surface area contributed by atoms with Gasteiger partial charge < -0.3 is 0 Å². The summed E-state index contributed by atoms with van der Waals surface area (Å²) in [7, 11) is 0. The second-order valence-corrected chi connectivity index (χ2v) is 5.82. The summed E-state index contributed by atoms with van der Waals surface area (Å²) >= 11 is 0. The number of hydrogen-bond donors (Lipinski definition) is 0. The van der Waals surface area contributed by atoms with Crippen LogP contribution < -0.4 is 0 Å². The summed E-state index contributed by atoms with van der Waals surface area (Å²) in [6, 6.07) is 0. The molecule has 0 saturated carbocycles. The number of unbranched alkanes of at least 4 members (excludes halogenated alkanes) is 1. The molecule has 0 aromatic rings. The van der Waals surface area contributed by atoms with Crippen molar-refractivity contribution in [3.63, 3.8) is 0 Å². The zero-order valence-corrected chi connectivity index (χ0v) is 12.6. The molecule has 18 heavy (non-hydrogen) atoms. The number of rotatable bonds is 6. The molecule has 0 saturated heterocycles. The van der Waals surface area contributed by atoms with Crippen LogP contribution >= 0.6 is 0 Å². The lowest BCUT2D eigenvalue weighted by molar-refractivity contribution is 0.565. The van der Waals surface area contributed by atoms with Crippen molar-refractivity contribution in [2.45, 2.75) is 72.1 Å². The zero-order chi connectivity index (χ0) is 13.4. The minimum Gasteiger partial charge on any atom is -0.103 e. The van der Waals surface area contributed by atoms with Gasteiger partial charge in [0.15, 0.2) is 0 Å². The molecule has 1 atom stereocenters. The summed E-state index contributed by atoms with van der Waals surface area (Å²) in [5.41, 5.74) is 4.88. The number of allylic oxidation sites excluding steroid dienone is 5. The van der Waals surface area contributed by atoms with E-state index in [0.29, 0.717) is 0 Å². The van der Waals surface area contributed by atoms with Crippen LogP contribution in [0.5, 0.6) is 0 Å². The summed E-state index contributed by atoms with van der Waals surface area (Å²) in [5.74, 6) is 0.740. The fourth-order valence-electron chi connectivity index (χ4n) is 2.66. The van der Waals surface area contributed by atoms with Gasteiger partial charge in [0.2, 0.25) is 0 Å². The van der Waals surface area contributed by atoms with Gasteiger partial charge in [0, 0.05) is 0 Å². The van der Waals surface area contributed by atoms with Crippen LogP contribution in [0.3, 0.4) is 0 Å². The first-order valence-corrected chi connectivity index (χ1v) is 7.63. The molecule has 1 aliphatic carbocycles. The van der Waals surface area contributed by atoms with Crippen molar-refractivity contribution in [3.8, 4) is 0 Å². The van der Waals surface area contributed by atoms with Gasteiger partial charge in [-0.1, -0.05) is 42.2 Å². The highest BCUT2D eigenvalue weighted by molar-refractivity contribution is 5.19. The summed E-state index contributed by atoms with van der Waals surface area (Å²) in [5, 5.41) is 0. The molecule has 0 spiro atoms. The van der Waals surface area contributed by atoms with Crippen LogP contribution in [-0.2, 0) is 0 Å². The maximum atomic E-state index is 3.94. The largest absolute Gasteiger partial charge is 0.103 e. The Hall–Kier alpha value is -0.780. The summed E-state index contributed by atoms with van der Waals surface area (Å²) in [4.78, 5) is 0. The van der Waals surface area contributed by atoms with Gasteiger partial charge in [0.05, 0.1) is 0 Å². The van der Waals surface area contributed by atoms with Gasteiger partial charge in [-0.3, -0.25) is 0 Å². The first kappa shape index (κ1) is 15.3. The Kier molecular flexibility index (Phi) is 7.08. The van der Waals surface area contributed by atoms with Gasteiger partial charge in [-0.25, -0.2) is 0 Å². The van der Waals surface area contributed by atoms with Crippen molar-refractivity contribution in [1.82, 2.24) is 0 Å². The molecule has 0 heterocycles. The predicted octanol–water partition coefficient (Wildman–Crippen LogP) is 6.21. The van der Waals surface area contributed by atoms with Crippen LogP contribution in [0.25, 0.3) is 0 Å². The molecule has 0 nitrogen and oxygen atoms in total. The van der Waals surface area contributed by atoms with Crippen LogP contribution in [0.4, 0.5) is 0 Å². The van der Waals surface area contributed by atoms with Crippen molar-refractivity contribution in [3.05, 3.63) is 35.5 Å². The average molecular weight is 246 g/mol. The standard InChI is InChI=1S/C18H30/c1-5-7-9-15(3)16(4)14-18-11-8-10-17(6-2)12-13-18/h6,11,17H,2,5,7-10,12-14H2,1,3-4H3. The molecule has 0 heteroatoms. The Morgan fingerprint density at radius 1 is 1.33 bits per heavy atom. The Labute approximate surface area is 114 Å². The lowest BCUT2D eigenvalue weighted by Gasteiger charge is -2.11. The Morgan fingerprint density at radius 2 is 2.11 bits per heavy atom. The minimum absolute atomic E-state index is 0.740. The quantitative estimate of drug-likeness (QED) is 0.489. The third kappa shape index (κ3) is 5.25. The Bertz CT molecular complexity index is 317. The van der Waals surface area contributed by atoms with Gasteiger partial charge in [0.25, 0.3) is 0 Å². The second kappa shape index (κ2) is 8.34. The molecule has 102 valence electrons. The van der Waals surface area contributed by atoms with Crippen LogP contribution in [0.1, 0.15) is 72.1 Å². The van der Waals surface area contributed by atoms with E-state index < -0.39 is 0 Å². The molecule has 0 bridgehead atoms. The van der Waals surface area contributed by atoms with Gasteiger partial charge >= 0.3 is 0 Å². The van der Waals surface area contributed by atoms with E-state index in [1.165, 1.54) is 51.4 Å². The maximum Gasteiger partial charge on any atom is -0.0109 e. The molecule has 0 aromatic heterocycles. The first-order chi connectivity index (χ1) is 8.67. The SMILES string of the molecule is C=CC1CCC=C(CC(C)=C(C)CCCC)CC1. The van der Waals surface area contributed by atoms with Gasteiger partial charge in [-0.15, -0.1) is 6.58 Å². The summed E-state index contributed by atoms with van der Waals surface area (Å²) < 4.78 is 0. The van der Waals surface area contributed by atoms with E-state index >= 15 is 0 Å². The highest BCUT2D eigenvalue weighted by Crippen LogP contribution is 2.28. The predicted molar refractivity (Wildman–Crippen MR) is 82.8 cm³/mol. The summed E-state index contributed by atoms with van der Waals surface area (Å²) in [6.45, 7) is 10.8. The molecule has 1 unspecified atom stereocenters. The third-order valence-corrected chi connectivity index (χ3v) is 4.27. The van der Waals surface area contributed by atoms with E-state index in [9.17, 15) is 0 Å². The van der Waals surface area contributed by atoms with Crippen molar-refractivity contribution in [1.29, 1.82) is 0 Å². The molecule has 0 aliphatic heterocycles. The van der Waals surface area contributed by atoms with Crippen molar-refractivity contribution >= 4 is 0 Å². The molecule has 0 radical (unpaired) electrons. The molecule has 0 amide bonds.